The van der Waals surface area contributed by atoms with Crippen molar-refractivity contribution < 1.29 is 9.47 Å². The summed E-state index contributed by atoms with van der Waals surface area (Å²) < 4.78 is 11.0. The number of benzene rings is 1. The number of hydrogen-bond acceptors (Lipinski definition) is 3. The molecule has 1 N–H and O–H groups in total. The molecule has 1 aromatic rings. The molecule has 1 aromatic carbocycles. The summed E-state index contributed by atoms with van der Waals surface area (Å²) in [5.74, 6) is 0.910. The average Bonchev–Trinajstić information content (AvgIpc) is 2.32. The smallest absolute Gasteiger partial charge is 0.119 e. The maximum atomic E-state index is 5.62. The minimum Gasteiger partial charge on any atom is -0.491 e. The molecule has 0 heterocycles. The second-order valence-corrected chi connectivity index (χ2v) is 4.20. The van der Waals surface area contributed by atoms with Gasteiger partial charge in [-0.05, 0) is 38.1 Å². The van der Waals surface area contributed by atoms with Crippen LogP contribution in [0, 0.1) is 0 Å². The van der Waals surface area contributed by atoms with E-state index in [1.165, 1.54) is 5.56 Å². The van der Waals surface area contributed by atoms with Crippen molar-refractivity contribution in [2.24, 2.45) is 0 Å². The number of hydrogen-bond donors (Lipinski definition) is 1. The lowest BCUT2D eigenvalue weighted by Gasteiger charge is -2.10. The summed E-state index contributed by atoms with van der Waals surface area (Å²) in [7, 11) is 0. The van der Waals surface area contributed by atoms with E-state index in [2.05, 4.69) is 24.4 Å². The highest BCUT2D eigenvalue weighted by Gasteiger charge is 1.98. The zero-order chi connectivity index (χ0) is 12.5. The predicted molar refractivity (Wildman–Crippen MR) is 70.4 cm³/mol. The Bertz CT molecular complexity index is 313. The van der Waals surface area contributed by atoms with Gasteiger partial charge in [0.1, 0.15) is 12.4 Å². The van der Waals surface area contributed by atoms with E-state index in [4.69, 9.17) is 9.47 Å². The van der Waals surface area contributed by atoms with Crippen LogP contribution in [0.25, 0.3) is 0 Å². The third kappa shape index (κ3) is 6.29. The maximum absolute atomic E-state index is 5.62. The Morgan fingerprint density at radius 2 is 2.06 bits per heavy atom. The molecule has 0 aromatic heterocycles. The van der Waals surface area contributed by atoms with Crippen LogP contribution < -0.4 is 10.1 Å². The molecule has 0 saturated heterocycles. The van der Waals surface area contributed by atoms with E-state index < -0.39 is 0 Å². The lowest BCUT2D eigenvalue weighted by atomic mass is 10.2. The molecule has 17 heavy (non-hydrogen) atoms. The Kier molecular flexibility index (Phi) is 6.67. The molecule has 0 bridgehead atoms. The molecule has 1 rings (SSSR count). The van der Waals surface area contributed by atoms with Crippen LogP contribution in [-0.2, 0) is 11.3 Å². The number of ether oxygens (including phenoxy) is 2. The molecule has 0 aliphatic rings. The topological polar surface area (TPSA) is 30.5 Å². The van der Waals surface area contributed by atoms with Gasteiger partial charge >= 0.3 is 0 Å². The van der Waals surface area contributed by atoms with E-state index in [0.29, 0.717) is 13.2 Å². The van der Waals surface area contributed by atoms with Gasteiger partial charge in [-0.25, -0.2) is 0 Å². The van der Waals surface area contributed by atoms with Gasteiger partial charge in [0, 0.05) is 6.54 Å². The summed E-state index contributed by atoms with van der Waals surface area (Å²) in [5.41, 5.74) is 1.24. The summed E-state index contributed by atoms with van der Waals surface area (Å²) in [5, 5.41) is 3.29. The van der Waals surface area contributed by atoms with Crippen molar-refractivity contribution in [1.29, 1.82) is 0 Å². The fourth-order valence-electron chi connectivity index (χ4n) is 1.46. The van der Waals surface area contributed by atoms with Gasteiger partial charge in [0.15, 0.2) is 0 Å². The third-order valence-electron chi connectivity index (χ3n) is 2.28. The molecular formula is C14H23NO2. The van der Waals surface area contributed by atoms with Crippen LogP contribution in [0.4, 0.5) is 0 Å². The summed E-state index contributed by atoms with van der Waals surface area (Å²) in [6.07, 6.45) is 0.263. The first-order chi connectivity index (χ1) is 8.22. The van der Waals surface area contributed by atoms with Crippen LogP contribution in [0.1, 0.15) is 26.3 Å². The van der Waals surface area contributed by atoms with Gasteiger partial charge in [-0.3, -0.25) is 0 Å². The predicted octanol–water partition coefficient (Wildman–Crippen LogP) is 2.60. The first kappa shape index (κ1) is 14.0. The summed E-state index contributed by atoms with van der Waals surface area (Å²) in [6.45, 7) is 9.25. The Morgan fingerprint density at radius 1 is 1.24 bits per heavy atom. The fourth-order valence-corrected chi connectivity index (χ4v) is 1.46. The molecule has 0 aliphatic carbocycles. The van der Waals surface area contributed by atoms with Crippen molar-refractivity contribution in [2.75, 3.05) is 19.8 Å². The molecular weight excluding hydrogens is 214 g/mol. The molecule has 0 saturated carbocycles. The molecule has 0 amide bonds. The number of nitrogens with one attached hydrogen (secondary N) is 1. The van der Waals surface area contributed by atoms with E-state index in [0.717, 1.165) is 18.8 Å². The zero-order valence-corrected chi connectivity index (χ0v) is 11.0. The van der Waals surface area contributed by atoms with Crippen molar-refractivity contribution >= 4 is 0 Å². The molecule has 0 unspecified atom stereocenters. The first-order valence-corrected chi connectivity index (χ1v) is 6.26. The molecule has 0 spiro atoms. The van der Waals surface area contributed by atoms with Crippen LogP contribution in [-0.4, -0.2) is 25.9 Å². The van der Waals surface area contributed by atoms with Crippen LogP contribution in [0.2, 0.25) is 0 Å². The quantitative estimate of drug-likeness (QED) is 0.705. The normalized spacial score (nSPS) is 10.8. The van der Waals surface area contributed by atoms with E-state index in [1.54, 1.807) is 0 Å². The largest absolute Gasteiger partial charge is 0.491 e. The SMILES string of the molecule is CCNCc1cccc(OCCOC(C)C)c1. The lowest BCUT2D eigenvalue weighted by molar-refractivity contribution is 0.0552. The van der Waals surface area contributed by atoms with Gasteiger partial charge in [-0.15, -0.1) is 0 Å². The highest BCUT2D eigenvalue weighted by molar-refractivity contribution is 5.28. The van der Waals surface area contributed by atoms with Crippen molar-refractivity contribution in [3.05, 3.63) is 29.8 Å². The maximum Gasteiger partial charge on any atom is 0.119 e. The molecule has 96 valence electrons. The van der Waals surface area contributed by atoms with Gasteiger partial charge in [0.25, 0.3) is 0 Å². The third-order valence-corrected chi connectivity index (χ3v) is 2.28. The Labute approximate surface area is 104 Å². The first-order valence-electron chi connectivity index (χ1n) is 6.26. The van der Waals surface area contributed by atoms with E-state index in [9.17, 15) is 0 Å². The van der Waals surface area contributed by atoms with Gasteiger partial charge in [0.2, 0.25) is 0 Å². The fraction of sp³-hybridized carbons (Fsp3) is 0.571. The Hall–Kier alpha value is -1.06. The van der Waals surface area contributed by atoms with Gasteiger partial charge in [-0.2, -0.15) is 0 Å². The Morgan fingerprint density at radius 3 is 2.76 bits per heavy atom. The number of rotatable bonds is 8. The average molecular weight is 237 g/mol. The van der Waals surface area contributed by atoms with Crippen molar-refractivity contribution in [3.8, 4) is 5.75 Å². The molecule has 0 radical (unpaired) electrons. The Balaban J connectivity index is 2.32. The molecule has 3 nitrogen and oxygen atoms in total. The monoisotopic (exact) mass is 237 g/mol. The second kappa shape index (κ2) is 8.09. The van der Waals surface area contributed by atoms with Crippen LogP contribution in [0.15, 0.2) is 24.3 Å². The molecule has 0 aliphatic heterocycles. The standard InChI is InChI=1S/C14H23NO2/c1-4-15-11-13-6-5-7-14(10-13)17-9-8-16-12(2)3/h5-7,10,12,15H,4,8-9,11H2,1-3H3. The zero-order valence-electron chi connectivity index (χ0n) is 11.0. The van der Waals surface area contributed by atoms with E-state index in [-0.39, 0.29) is 6.10 Å². The van der Waals surface area contributed by atoms with Crippen LogP contribution in [0.3, 0.4) is 0 Å². The second-order valence-electron chi connectivity index (χ2n) is 4.20. The minimum absolute atomic E-state index is 0.263. The summed E-state index contributed by atoms with van der Waals surface area (Å²) in [4.78, 5) is 0. The van der Waals surface area contributed by atoms with Gasteiger partial charge in [0.05, 0.1) is 12.7 Å². The highest BCUT2D eigenvalue weighted by Crippen LogP contribution is 2.13. The minimum atomic E-state index is 0.263. The van der Waals surface area contributed by atoms with E-state index >= 15 is 0 Å². The molecule has 0 atom stereocenters. The highest BCUT2D eigenvalue weighted by atomic mass is 16.5. The van der Waals surface area contributed by atoms with Gasteiger partial charge in [-0.1, -0.05) is 19.1 Å². The molecule has 3 heteroatoms. The van der Waals surface area contributed by atoms with Crippen molar-refractivity contribution in [3.63, 3.8) is 0 Å². The lowest BCUT2D eigenvalue weighted by Crippen LogP contribution is -2.13. The summed E-state index contributed by atoms with van der Waals surface area (Å²) in [6, 6.07) is 8.16. The molecule has 0 fully saturated rings. The van der Waals surface area contributed by atoms with E-state index in [1.807, 2.05) is 26.0 Å². The van der Waals surface area contributed by atoms with Crippen LogP contribution >= 0.6 is 0 Å². The van der Waals surface area contributed by atoms with Crippen molar-refractivity contribution in [1.82, 2.24) is 5.32 Å². The van der Waals surface area contributed by atoms with Crippen LogP contribution in [0.5, 0.6) is 5.75 Å². The summed E-state index contributed by atoms with van der Waals surface area (Å²) >= 11 is 0. The van der Waals surface area contributed by atoms with Crippen molar-refractivity contribution in [2.45, 2.75) is 33.4 Å². The van der Waals surface area contributed by atoms with Gasteiger partial charge < -0.3 is 14.8 Å².